The summed E-state index contributed by atoms with van der Waals surface area (Å²) < 4.78 is 0. The third kappa shape index (κ3) is 7.82. The Hall–Kier alpha value is -12.5. The topological polar surface area (TPSA) is 80.9 Å². The van der Waals surface area contributed by atoms with E-state index in [1.807, 2.05) is 24.3 Å². The quantitative estimate of drug-likeness (QED) is 0.110. The smallest absolute Gasteiger partial charge is 0.115 e. The Kier molecular flexibility index (Phi) is 12.5. The van der Waals surface area contributed by atoms with Crippen LogP contribution in [0.25, 0.3) is 66.8 Å². The van der Waals surface area contributed by atoms with E-state index in [4.69, 9.17) is 0 Å². The van der Waals surface area contributed by atoms with Gasteiger partial charge in [-0.25, -0.2) is 0 Å². The van der Waals surface area contributed by atoms with Gasteiger partial charge >= 0.3 is 0 Å². The van der Waals surface area contributed by atoms with Crippen LogP contribution in [0.4, 0.5) is 0 Å². The Balaban J connectivity index is 0.740. The van der Waals surface area contributed by atoms with Crippen LogP contribution in [0.1, 0.15) is 89.0 Å². The molecule has 0 amide bonds. The molecule has 4 heteroatoms. The van der Waals surface area contributed by atoms with Gasteiger partial charge in [0.05, 0.1) is 21.7 Å². The summed E-state index contributed by atoms with van der Waals surface area (Å²) in [4.78, 5) is 0. The highest BCUT2D eigenvalue weighted by Crippen LogP contribution is 2.64. The largest absolute Gasteiger partial charge is 0.508 e. The van der Waals surface area contributed by atoms with Crippen molar-refractivity contribution in [2.24, 2.45) is 0 Å². The summed E-state index contributed by atoms with van der Waals surface area (Å²) in [6.07, 6.45) is 0. The number of fused-ring (bicyclic) bond motifs is 12. The highest BCUT2D eigenvalue weighted by atomic mass is 16.3. The number of phenols is 4. The molecule has 2 unspecified atom stereocenters. The molecule has 4 aliphatic rings. The molecule has 0 aliphatic heterocycles. The summed E-state index contributed by atoms with van der Waals surface area (Å²) in [7, 11) is 0. The number of hydrogen-bond acceptors (Lipinski definition) is 4. The van der Waals surface area contributed by atoms with Gasteiger partial charge < -0.3 is 20.4 Å². The molecular weight excluding hydrogens is 1190 g/mol. The lowest BCUT2D eigenvalue weighted by atomic mass is 9.65. The molecule has 4 nitrogen and oxygen atoms in total. The molecular formula is C94H62O4. The van der Waals surface area contributed by atoms with Crippen molar-refractivity contribution >= 4 is 0 Å². The maximum Gasteiger partial charge on any atom is 0.115 e. The standard InChI is InChI=1S/C94H62O4/c95-71-49-41-67(42-50-71)91(83-19-7-1-13-75(83)76-14-2-8-20-84(76)91)63-33-25-59(26-34-63)61-29-37-65(38-30-61)93(69-45-53-73(97)54-46-69)87-23-11-5-17-79(87)81-58-90-82(57-89(81)93)80-18-6-12-24-88(80)94(90,70-47-55-74(98)56-48-70)66-39-31-62(32-40-66)60-27-35-64(36-28-60)92(68-43-51-72(96)52-44-68)85-21-9-3-15-77(85)78-16-4-10-22-86(78)92/h1-58,95-98H. The molecule has 4 N–H and O–H groups in total. The lowest BCUT2D eigenvalue weighted by Crippen LogP contribution is -2.30. The highest BCUT2D eigenvalue weighted by molar-refractivity contribution is 5.96. The van der Waals surface area contributed by atoms with E-state index in [0.717, 1.165) is 111 Å². The zero-order valence-electron chi connectivity index (χ0n) is 53.3. The predicted octanol–water partition coefficient (Wildman–Crippen LogP) is 21.3. The van der Waals surface area contributed by atoms with E-state index in [1.165, 1.54) is 44.5 Å². The van der Waals surface area contributed by atoms with Crippen molar-refractivity contribution in [1.29, 1.82) is 0 Å². The normalized spacial score (nSPS) is 16.6. The summed E-state index contributed by atoms with van der Waals surface area (Å²) in [5.74, 6) is 0.880. The molecule has 0 radical (unpaired) electrons. The van der Waals surface area contributed by atoms with Crippen LogP contribution in [0.15, 0.2) is 352 Å². The first-order valence-corrected chi connectivity index (χ1v) is 33.6. The second-order valence-corrected chi connectivity index (χ2v) is 26.7. The van der Waals surface area contributed by atoms with Crippen LogP contribution in [0.5, 0.6) is 23.0 Å². The van der Waals surface area contributed by atoms with Crippen LogP contribution in [-0.4, -0.2) is 20.4 Å². The highest BCUT2D eigenvalue weighted by Gasteiger charge is 2.53. The van der Waals surface area contributed by atoms with Crippen molar-refractivity contribution in [2.45, 2.75) is 21.7 Å². The van der Waals surface area contributed by atoms with Crippen molar-refractivity contribution in [3.05, 3.63) is 441 Å². The molecule has 0 bridgehead atoms. The minimum absolute atomic E-state index is 0.205. The molecule has 0 aromatic heterocycles. The third-order valence-electron chi connectivity index (χ3n) is 22.3. The molecule has 0 saturated heterocycles. The Bertz CT molecular complexity index is 5230. The minimum Gasteiger partial charge on any atom is -0.508 e. The van der Waals surface area contributed by atoms with Crippen molar-refractivity contribution in [3.8, 4) is 89.8 Å². The van der Waals surface area contributed by atoms with Crippen molar-refractivity contribution in [3.63, 3.8) is 0 Å². The molecule has 98 heavy (non-hydrogen) atoms. The zero-order chi connectivity index (χ0) is 65.5. The van der Waals surface area contributed by atoms with E-state index in [-0.39, 0.29) is 23.0 Å². The molecule has 0 heterocycles. The Morgan fingerprint density at radius 1 is 0.143 bits per heavy atom. The third-order valence-corrected chi connectivity index (χ3v) is 22.3. The Morgan fingerprint density at radius 2 is 0.296 bits per heavy atom. The average molecular weight is 1260 g/mol. The van der Waals surface area contributed by atoms with Gasteiger partial charge in [0.1, 0.15) is 23.0 Å². The van der Waals surface area contributed by atoms with Gasteiger partial charge in [-0.3, -0.25) is 0 Å². The number of phenolic OH excluding ortho intramolecular Hbond substituents is 4. The van der Waals surface area contributed by atoms with Crippen LogP contribution in [0.2, 0.25) is 0 Å². The van der Waals surface area contributed by atoms with Crippen LogP contribution < -0.4 is 0 Å². The predicted molar refractivity (Wildman–Crippen MR) is 393 cm³/mol. The summed E-state index contributed by atoms with van der Waals surface area (Å²) in [6, 6.07) is 125. The fourth-order valence-electron chi connectivity index (χ4n) is 18.2. The first-order valence-electron chi connectivity index (χ1n) is 33.6. The maximum absolute atomic E-state index is 11.0. The van der Waals surface area contributed by atoms with Crippen LogP contribution in [-0.2, 0) is 21.7 Å². The SMILES string of the molecule is Oc1ccc(C2(c3ccc(-c4ccc(C5(c6ccc(O)cc6)c6ccccc6-c6cc7c(cc65)-c5ccccc5C7(c5ccc(O)cc5)c5ccc(-c6ccc(C7(c8ccc(O)cc8)c8ccccc8-c8ccccc87)cc6)cc5)cc4)cc3)c3ccccc3-c3ccccc32)cc1. The van der Waals surface area contributed by atoms with Gasteiger partial charge in [0, 0.05) is 0 Å². The van der Waals surface area contributed by atoms with Gasteiger partial charge in [0.2, 0.25) is 0 Å². The molecule has 2 atom stereocenters. The number of hydrogen-bond donors (Lipinski definition) is 4. The molecule has 0 fully saturated rings. The first kappa shape index (κ1) is 57.0. The van der Waals surface area contributed by atoms with Gasteiger partial charge in [0.15, 0.2) is 0 Å². The Morgan fingerprint density at radius 3 is 0.490 bits per heavy atom. The van der Waals surface area contributed by atoms with E-state index < -0.39 is 21.7 Å². The van der Waals surface area contributed by atoms with Gasteiger partial charge in [-0.1, -0.05) is 291 Å². The number of benzene rings is 15. The molecule has 462 valence electrons. The second-order valence-electron chi connectivity index (χ2n) is 26.7. The van der Waals surface area contributed by atoms with E-state index in [2.05, 4.69) is 303 Å². The molecule has 15 aromatic rings. The molecule has 15 aromatic carbocycles. The second kappa shape index (κ2) is 21.5. The molecule has 4 aliphatic carbocycles. The van der Waals surface area contributed by atoms with E-state index in [1.54, 1.807) is 24.3 Å². The van der Waals surface area contributed by atoms with Crippen LogP contribution >= 0.6 is 0 Å². The summed E-state index contributed by atoms with van der Waals surface area (Å²) in [5, 5.41) is 43.2. The van der Waals surface area contributed by atoms with E-state index in [0.29, 0.717) is 0 Å². The van der Waals surface area contributed by atoms with Gasteiger partial charge in [-0.15, -0.1) is 0 Å². The van der Waals surface area contributed by atoms with Gasteiger partial charge in [-0.2, -0.15) is 0 Å². The van der Waals surface area contributed by atoms with Gasteiger partial charge in [0.25, 0.3) is 0 Å². The molecule has 0 spiro atoms. The van der Waals surface area contributed by atoms with E-state index in [9.17, 15) is 20.4 Å². The average Bonchev–Trinajstić information content (AvgIpc) is 1.51. The van der Waals surface area contributed by atoms with Gasteiger partial charge in [-0.05, 0) is 216 Å². The van der Waals surface area contributed by atoms with Crippen LogP contribution in [0, 0.1) is 0 Å². The fraction of sp³-hybridized carbons (Fsp3) is 0.0426. The van der Waals surface area contributed by atoms with Crippen LogP contribution in [0.3, 0.4) is 0 Å². The minimum atomic E-state index is -0.805. The fourth-order valence-corrected chi connectivity index (χ4v) is 18.2. The van der Waals surface area contributed by atoms with Crippen molar-refractivity contribution in [2.75, 3.05) is 0 Å². The summed E-state index contributed by atoms with van der Waals surface area (Å²) in [6.45, 7) is 0. The Labute approximate surface area is 569 Å². The maximum atomic E-state index is 11.0. The number of rotatable bonds is 10. The molecule has 0 saturated carbocycles. The van der Waals surface area contributed by atoms with E-state index >= 15 is 0 Å². The van der Waals surface area contributed by atoms with Crippen molar-refractivity contribution in [1.82, 2.24) is 0 Å². The monoisotopic (exact) mass is 1250 g/mol. The molecule has 19 rings (SSSR count). The first-order chi connectivity index (χ1) is 48.2. The lowest BCUT2D eigenvalue weighted by molar-refractivity contribution is 0.474. The zero-order valence-corrected chi connectivity index (χ0v) is 53.3. The summed E-state index contributed by atoms with van der Waals surface area (Å²) in [5.41, 5.74) is 29.2. The summed E-state index contributed by atoms with van der Waals surface area (Å²) >= 11 is 0. The van der Waals surface area contributed by atoms with Crippen molar-refractivity contribution < 1.29 is 20.4 Å². The number of aromatic hydroxyl groups is 4. The lowest BCUT2D eigenvalue weighted by Gasteiger charge is -2.36.